The average Bonchev–Trinajstić information content (AvgIpc) is 2.88. The van der Waals surface area contributed by atoms with Crippen LogP contribution in [0.3, 0.4) is 0 Å². The molecule has 5 rings (SSSR count). The van der Waals surface area contributed by atoms with Gasteiger partial charge in [-0.05, 0) is 42.0 Å². The van der Waals surface area contributed by atoms with Gasteiger partial charge in [0.05, 0.1) is 11.7 Å². The molecule has 0 radical (unpaired) electrons. The van der Waals surface area contributed by atoms with Crippen molar-refractivity contribution in [2.45, 2.75) is 46.2 Å². The first kappa shape index (κ1) is 20.5. The molecule has 1 aliphatic carbocycles. The van der Waals surface area contributed by atoms with Gasteiger partial charge in [0.1, 0.15) is 0 Å². The number of rotatable bonds is 3. The third-order valence-electron chi connectivity index (χ3n) is 6.40. The lowest BCUT2D eigenvalue weighted by Crippen LogP contribution is -2.36. The molecule has 2 heterocycles. The molecule has 0 saturated heterocycles. The fraction of sp³-hybridized carbons (Fsp3) is 0.286. The van der Waals surface area contributed by atoms with Gasteiger partial charge in [0.15, 0.2) is 11.6 Å². The Labute approximate surface area is 190 Å². The van der Waals surface area contributed by atoms with E-state index < -0.39 is 0 Å². The molecule has 1 atom stereocenters. The van der Waals surface area contributed by atoms with Gasteiger partial charge in [-0.3, -0.25) is 4.79 Å². The second-order valence-electron chi connectivity index (χ2n) is 9.76. The summed E-state index contributed by atoms with van der Waals surface area (Å²) in [7, 11) is 0. The molecule has 0 saturated carbocycles. The number of carbonyl (C=O) groups is 1. The van der Waals surface area contributed by atoms with Crippen LogP contribution in [0, 0.1) is 12.3 Å². The molecule has 0 bridgehead atoms. The first-order chi connectivity index (χ1) is 15.4. The minimum atomic E-state index is -0.195. The van der Waals surface area contributed by atoms with Crippen molar-refractivity contribution in [1.29, 1.82) is 0 Å². The Morgan fingerprint density at radius 3 is 2.62 bits per heavy atom. The zero-order valence-electron chi connectivity index (χ0n) is 18.9. The van der Waals surface area contributed by atoms with Crippen molar-refractivity contribution < 1.29 is 4.79 Å². The van der Waals surface area contributed by atoms with Crippen molar-refractivity contribution in [3.63, 3.8) is 0 Å². The summed E-state index contributed by atoms with van der Waals surface area (Å²) in [6.07, 6.45) is 3.23. The Morgan fingerprint density at radius 1 is 1.03 bits per heavy atom. The van der Waals surface area contributed by atoms with Gasteiger partial charge in [-0.1, -0.05) is 74.0 Å². The first-order valence-electron chi connectivity index (χ1n) is 11.3. The van der Waals surface area contributed by atoms with E-state index in [-0.39, 0.29) is 17.2 Å². The predicted octanol–water partition coefficient (Wildman–Crippen LogP) is 6.21. The average molecular weight is 424 g/mol. The van der Waals surface area contributed by atoms with Crippen LogP contribution >= 0.6 is 0 Å². The van der Waals surface area contributed by atoms with E-state index in [1.54, 1.807) is 0 Å². The summed E-state index contributed by atoms with van der Waals surface area (Å²) < 4.78 is 0. The Bertz CT molecular complexity index is 1200. The molecule has 2 aliphatic rings. The Balaban J connectivity index is 1.73. The molecular formula is C28H29N3O. The third kappa shape index (κ3) is 3.81. The third-order valence-corrected chi connectivity index (χ3v) is 6.40. The van der Waals surface area contributed by atoms with Crippen LogP contribution < -0.4 is 10.2 Å². The Kier molecular flexibility index (Phi) is 5.09. The van der Waals surface area contributed by atoms with Crippen LogP contribution in [-0.2, 0) is 11.3 Å². The van der Waals surface area contributed by atoms with E-state index in [4.69, 9.17) is 4.98 Å². The molecular weight excluding hydrogens is 394 g/mol. The molecule has 0 spiro atoms. The monoisotopic (exact) mass is 423 g/mol. The summed E-state index contributed by atoms with van der Waals surface area (Å²) >= 11 is 0. The maximum atomic E-state index is 13.6. The second-order valence-corrected chi connectivity index (χ2v) is 9.76. The fourth-order valence-corrected chi connectivity index (χ4v) is 5.08. The molecule has 0 fully saturated rings. The fourth-order valence-electron chi connectivity index (χ4n) is 5.08. The van der Waals surface area contributed by atoms with Crippen molar-refractivity contribution in [2.75, 3.05) is 10.2 Å². The minimum absolute atomic E-state index is 0.0712. The number of allylic oxidation sites excluding steroid dienone is 1. The number of Topliss-reactive ketones (excluding diaryl/α,β-unsaturated/α-hetero) is 1. The number of carbonyl (C=O) groups excluding carboxylic acids is 1. The molecule has 0 amide bonds. The number of aromatic nitrogens is 1. The molecule has 162 valence electrons. The summed E-state index contributed by atoms with van der Waals surface area (Å²) in [5.41, 5.74) is 6.33. The summed E-state index contributed by atoms with van der Waals surface area (Å²) in [6, 6.07) is 22.8. The summed E-state index contributed by atoms with van der Waals surface area (Å²) in [4.78, 5) is 20.7. The number of nitrogens with zero attached hydrogens (tertiary/aromatic N) is 2. The first-order valence-corrected chi connectivity index (χ1v) is 11.3. The normalized spacial score (nSPS) is 19.7. The highest BCUT2D eigenvalue weighted by Crippen LogP contribution is 2.48. The zero-order chi connectivity index (χ0) is 22.3. The molecule has 4 heteroatoms. The van der Waals surface area contributed by atoms with Gasteiger partial charge < -0.3 is 10.2 Å². The Hall–Kier alpha value is -3.40. The number of hydrogen-bond donors (Lipinski definition) is 1. The van der Waals surface area contributed by atoms with Gasteiger partial charge in [0.2, 0.25) is 0 Å². The summed E-state index contributed by atoms with van der Waals surface area (Å²) in [5.74, 6) is 1.10. The molecule has 32 heavy (non-hydrogen) atoms. The van der Waals surface area contributed by atoms with Crippen molar-refractivity contribution in [3.05, 3.63) is 101 Å². The molecule has 4 nitrogen and oxygen atoms in total. The van der Waals surface area contributed by atoms with Crippen molar-refractivity contribution in [1.82, 2.24) is 4.98 Å². The number of fused-ring (bicyclic) bond motifs is 1. The van der Waals surface area contributed by atoms with Gasteiger partial charge in [-0.15, -0.1) is 0 Å². The van der Waals surface area contributed by atoms with Gasteiger partial charge in [0, 0.05) is 30.4 Å². The van der Waals surface area contributed by atoms with Crippen LogP contribution in [0.2, 0.25) is 0 Å². The van der Waals surface area contributed by atoms with Gasteiger partial charge in [-0.2, -0.15) is 0 Å². The van der Waals surface area contributed by atoms with Crippen LogP contribution in [0.25, 0.3) is 0 Å². The highest BCUT2D eigenvalue weighted by Gasteiger charge is 2.41. The quantitative estimate of drug-likeness (QED) is 0.544. The van der Waals surface area contributed by atoms with Gasteiger partial charge >= 0.3 is 0 Å². The van der Waals surface area contributed by atoms with Crippen LogP contribution in [0.1, 0.15) is 49.4 Å². The molecule has 1 N–H and O–H groups in total. The highest BCUT2D eigenvalue weighted by atomic mass is 16.1. The van der Waals surface area contributed by atoms with Crippen LogP contribution in [-0.4, -0.2) is 10.8 Å². The molecule has 1 aliphatic heterocycles. The van der Waals surface area contributed by atoms with Crippen LogP contribution in [0.5, 0.6) is 0 Å². The number of aryl methyl sites for hydroxylation is 1. The van der Waals surface area contributed by atoms with Crippen molar-refractivity contribution >= 4 is 17.3 Å². The van der Waals surface area contributed by atoms with Crippen molar-refractivity contribution in [2.24, 2.45) is 5.41 Å². The highest BCUT2D eigenvalue weighted by molar-refractivity contribution is 6.01. The van der Waals surface area contributed by atoms with E-state index in [1.807, 2.05) is 18.3 Å². The van der Waals surface area contributed by atoms with Crippen LogP contribution in [0.15, 0.2) is 84.2 Å². The number of anilines is 2. The van der Waals surface area contributed by atoms with Crippen molar-refractivity contribution in [3.8, 4) is 0 Å². The largest absolute Gasteiger partial charge is 0.355 e. The Morgan fingerprint density at radius 2 is 1.84 bits per heavy atom. The number of nitrogens with one attached hydrogen (secondary N) is 1. The lowest BCUT2D eigenvalue weighted by molar-refractivity contribution is -0.118. The van der Waals surface area contributed by atoms with Gasteiger partial charge in [-0.25, -0.2) is 4.98 Å². The second kappa shape index (κ2) is 7.94. The van der Waals surface area contributed by atoms with E-state index in [0.717, 1.165) is 34.8 Å². The predicted molar refractivity (Wildman–Crippen MR) is 129 cm³/mol. The van der Waals surface area contributed by atoms with E-state index >= 15 is 0 Å². The maximum absolute atomic E-state index is 13.6. The number of benzene rings is 2. The maximum Gasteiger partial charge on any atom is 0.163 e. The topological polar surface area (TPSA) is 45.2 Å². The molecule has 1 aromatic heterocycles. The smallest absolute Gasteiger partial charge is 0.163 e. The molecule has 1 unspecified atom stereocenters. The lowest BCUT2D eigenvalue weighted by atomic mass is 9.73. The standard InChI is InChI=1S/C28H29N3O/c1-19-9-7-10-20(15-19)18-31-26(21-11-5-4-6-12-21)25-23(16-28(2,3)17-24(25)32)30-22-13-8-14-29-27(22)31/h4-15,26,30H,16-18H2,1-3H3. The summed E-state index contributed by atoms with van der Waals surface area (Å²) in [5, 5.41) is 3.63. The molecule has 2 aromatic carbocycles. The van der Waals surface area contributed by atoms with Gasteiger partial charge in [0.25, 0.3) is 0 Å². The number of ketones is 1. The van der Waals surface area contributed by atoms with E-state index in [0.29, 0.717) is 13.0 Å². The number of pyridine rings is 1. The van der Waals surface area contributed by atoms with Crippen LogP contribution in [0.4, 0.5) is 11.5 Å². The zero-order valence-corrected chi connectivity index (χ0v) is 18.9. The van der Waals surface area contributed by atoms with E-state index in [9.17, 15) is 4.79 Å². The minimum Gasteiger partial charge on any atom is -0.355 e. The SMILES string of the molecule is Cc1cccc(CN2c3ncccc3NC3=C(C(=O)CC(C)(C)C3)C2c2ccccc2)c1. The van der Waals surface area contributed by atoms with E-state index in [1.165, 1.54) is 11.1 Å². The van der Waals surface area contributed by atoms with E-state index in [2.05, 4.69) is 85.6 Å². The molecule has 3 aromatic rings. The lowest BCUT2D eigenvalue weighted by Gasteiger charge is -2.37. The summed E-state index contributed by atoms with van der Waals surface area (Å²) in [6.45, 7) is 7.13. The number of hydrogen-bond acceptors (Lipinski definition) is 4.